The summed E-state index contributed by atoms with van der Waals surface area (Å²) in [5, 5.41) is 0. The van der Waals surface area contributed by atoms with E-state index in [-0.39, 0.29) is 6.04 Å². The molecule has 0 spiro atoms. The van der Waals surface area contributed by atoms with E-state index in [4.69, 9.17) is 15.2 Å². The first kappa shape index (κ1) is 14.0. The van der Waals surface area contributed by atoms with Gasteiger partial charge in [-0.15, -0.1) is 0 Å². The van der Waals surface area contributed by atoms with Crippen LogP contribution in [0.3, 0.4) is 0 Å². The third-order valence-corrected chi connectivity index (χ3v) is 4.34. The van der Waals surface area contributed by atoms with Crippen molar-refractivity contribution in [3.63, 3.8) is 0 Å². The van der Waals surface area contributed by atoms with Gasteiger partial charge in [-0.25, -0.2) is 0 Å². The van der Waals surface area contributed by atoms with Gasteiger partial charge in [-0.1, -0.05) is 30.3 Å². The summed E-state index contributed by atoms with van der Waals surface area (Å²) in [5.41, 5.74) is 10.4. The van der Waals surface area contributed by atoms with Crippen LogP contribution in [0, 0.1) is 0 Å². The highest BCUT2D eigenvalue weighted by Gasteiger charge is 2.27. The van der Waals surface area contributed by atoms with Crippen LogP contribution in [0.25, 0.3) is 0 Å². The molecule has 3 heteroatoms. The Morgan fingerprint density at radius 3 is 2.57 bits per heavy atom. The third kappa shape index (κ3) is 2.61. The van der Waals surface area contributed by atoms with Crippen LogP contribution >= 0.6 is 0 Å². The first-order chi connectivity index (χ1) is 10.2. The molecule has 2 aromatic carbocycles. The maximum atomic E-state index is 6.38. The monoisotopic (exact) mass is 283 g/mol. The molecule has 2 unspecified atom stereocenters. The molecule has 0 saturated heterocycles. The van der Waals surface area contributed by atoms with Crippen molar-refractivity contribution in [2.75, 3.05) is 14.2 Å². The number of benzene rings is 2. The van der Waals surface area contributed by atoms with Crippen molar-refractivity contribution in [2.45, 2.75) is 24.8 Å². The molecule has 2 atom stereocenters. The SMILES string of the molecule is COc1ccc(C(N)CC2Cc3ccccc32)cc1OC. The highest BCUT2D eigenvalue weighted by atomic mass is 16.5. The first-order valence-corrected chi connectivity index (χ1v) is 7.28. The summed E-state index contributed by atoms with van der Waals surface area (Å²) in [6.07, 6.45) is 2.10. The Balaban J connectivity index is 1.73. The molecule has 0 aliphatic heterocycles. The summed E-state index contributed by atoms with van der Waals surface area (Å²) in [7, 11) is 3.29. The molecule has 0 bridgehead atoms. The van der Waals surface area contributed by atoms with E-state index >= 15 is 0 Å². The largest absolute Gasteiger partial charge is 0.493 e. The van der Waals surface area contributed by atoms with Crippen molar-refractivity contribution in [2.24, 2.45) is 5.73 Å². The number of hydrogen-bond donors (Lipinski definition) is 1. The van der Waals surface area contributed by atoms with Gasteiger partial charge in [0, 0.05) is 6.04 Å². The van der Waals surface area contributed by atoms with Crippen LogP contribution in [-0.2, 0) is 6.42 Å². The van der Waals surface area contributed by atoms with Gasteiger partial charge in [-0.3, -0.25) is 0 Å². The highest BCUT2D eigenvalue weighted by Crippen LogP contribution is 2.41. The Bertz CT molecular complexity index is 639. The number of ether oxygens (including phenoxy) is 2. The van der Waals surface area contributed by atoms with Crippen LogP contribution < -0.4 is 15.2 Å². The molecule has 3 rings (SSSR count). The molecule has 0 aromatic heterocycles. The molecule has 0 fully saturated rings. The molecule has 1 aliphatic carbocycles. The Morgan fingerprint density at radius 2 is 1.86 bits per heavy atom. The zero-order valence-electron chi connectivity index (χ0n) is 12.5. The van der Waals surface area contributed by atoms with Crippen LogP contribution in [0.4, 0.5) is 0 Å². The summed E-state index contributed by atoms with van der Waals surface area (Å²) in [4.78, 5) is 0. The van der Waals surface area contributed by atoms with E-state index in [1.165, 1.54) is 11.1 Å². The van der Waals surface area contributed by atoms with Gasteiger partial charge < -0.3 is 15.2 Å². The van der Waals surface area contributed by atoms with E-state index in [9.17, 15) is 0 Å². The van der Waals surface area contributed by atoms with Gasteiger partial charge in [-0.2, -0.15) is 0 Å². The number of hydrogen-bond acceptors (Lipinski definition) is 3. The van der Waals surface area contributed by atoms with Gasteiger partial charge in [0.1, 0.15) is 0 Å². The Labute approximate surface area is 125 Å². The maximum Gasteiger partial charge on any atom is 0.161 e. The predicted molar refractivity (Wildman–Crippen MR) is 84.0 cm³/mol. The number of fused-ring (bicyclic) bond motifs is 1. The topological polar surface area (TPSA) is 44.5 Å². The van der Waals surface area contributed by atoms with Crippen molar-refractivity contribution in [1.82, 2.24) is 0 Å². The predicted octanol–water partition coefficient (Wildman–Crippen LogP) is 3.43. The standard InChI is InChI=1S/C18H21NO2/c1-20-17-8-7-13(11-18(17)21-2)16(19)10-14-9-12-5-3-4-6-15(12)14/h3-8,11,14,16H,9-10,19H2,1-2H3. The molecule has 0 saturated carbocycles. The van der Waals surface area contributed by atoms with Crippen molar-refractivity contribution < 1.29 is 9.47 Å². The van der Waals surface area contributed by atoms with Crippen LogP contribution in [0.5, 0.6) is 11.5 Å². The highest BCUT2D eigenvalue weighted by molar-refractivity contribution is 5.44. The molecular formula is C18H21NO2. The second kappa shape index (κ2) is 5.78. The number of rotatable bonds is 5. The maximum absolute atomic E-state index is 6.38. The van der Waals surface area contributed by atoms with E-state index in [0.717, 1.165) is 29.9 Å². The van der Waals surface area contributed by atoms with E-state index in [1.807, 2.05) is 18.2 Å². The van der Waals surface area contributed by atoms with Crippen LogP contribution in [0.15, 0.2) is 42.5 Å². The van der Waals surface area contributed by atoms with Gasteiger partial charge in [-0.05, 0) is 47.6 Å². The normalized spacial score (nSPS) is 17.6. The van der Waals surface area contributed by atoms with E-state index < -0.39 is 0 Å². The lowest BCUT2D eigenvalue weighted by Crippen LogP contribution is -2.22. The Morgan fingerprint density at radius 1 is 1.10 bits per heavy atom. The third-order valence-electron chi connectivity index (χ3n) is 4.34. The average molecular weight is 283 g/mol. The van der Waals surface area contributed by atoms with E-state index in [1.54, 1.807) is 14.2 Å². The first-order valence-electron chi connectivity index (χ1n) is 7.28. The zero-order chi connectivity index (χ0) is 14.8. The second-order valence-corrected chi connectivity index (χ2v) is 5.56. The molecular weight excluding hydrogens is 262 g/mol. The van der Waals surface area contributed by atoms with Crippen molar-refractivity contribution >= 4 is 0 Å². The summed E-state index contributed by atoms with van der Waals surface area (Å²) < 4.78 is 10.6. The molecule has 110 valence electrons. The van der Waals surface area contributed by atoms with Crippen molar-refractivity contribution in [1.29, 1.82) is 0 Å². The summed E-state index contributed by atoms with van der Waals surface area (Å²) >= 11 is 0. The zero-order valence-corrected chi connectivity index (χ0v) is 12.5. The Hall–Kier alpha value is -2.00. The fourth-order valence-corrected chi connectivity index (χ4v) is 3.10. The van der Waals surface area contributed by atoms with Gasteiger partial charge in [0.05, 0.1) is 14.2 Å². The van der Waals surface area contributed by atoms with Crippen LogP contribution in [0.2, 0.25) is 0 Å². The fourth-order valence-electron chi connectivity index (χ4n) is 3.10. The quantitative estimate of drug-likeness (QED) is 0.914. The molecule has 2 aromatic rings. The summed E-state index contributed by atoms with van der Waals surface area (Å²) in [6.45, 7) is 0. The minimum absolute atomic E-state index is 0.0168. The lowest BCUT2D eigenvalue weighted by molar-refractivity contribution is 0.354. The Kier molecular flexibility index (Phi) is 3.84. The van der Waals surface area contributed by atoms with Crippen LogP contribution in [-0.4, -0.2) is 14.2 Å². The number of nitrogens with two attached hydrogens (primary N) is 1. The van der Waals surface area contributed by atoms with Gasteiger partial charge in [0.2, 0.25) is 0 Å². The lowest BCUT2D eigenvalue weighted by atomic mass is 9.74. The fraction of sp³-hybridized carbons (Fsp3) is 0.333. The van der Waals surface area contributed by atoms with Crippen molar-refractivity contribution in [3.8, 4) is 11.5 Å². The molecule has 0 heterocycles. The minimum Gasteiger partial charge on any atom is -0.493 e. The smallest absolute Gasteiger partial charge is 0.161 e. The molecule has 0 amide bonds. The van der Waals surface area contributed by atoms with Gasteiger partial charge in [0.15, 0.2) is 11.5 Å². The van der Waals surface area contributed by atoms with Crippen LogP contribution in [0.1, 0.15) is 35.1 Å². The van der Waals surface area contributed by atoms with Gasteiger partial charge in [0.25, 0.3) is 0 Å². The molecule has 1 aliphatic rings. The molecule has 0 radical (unpaired) electrons. The van der Waals surface area contributed by atoms with Gasteiger partial charge >= 0.3 is 0 Å². The summed E-state index contributed by atoms with van der Waals surface area (Å²) in [6, 6.07) is 14.6. The summed E-state index contributed by atoms with van der Waals surface area (Å²) in [5.74, 6) is 2.05. The van der Waals surface area contributed by atoms with E-state index in [0.29, 0.717) is 5.92 Å². The molecule has 21 heavy (non-hydrogen) atoms. The minimum atomic E-state index is 0.0168. The molecule has 3 nitrogen and oxygen atoms in total. The number of methoxy groups -OCH3 is 2. The van der Waals surface area contributed by atoms with E-state index in [2.05, 4.69) is 24.3 Å². The lowest BCUT2D eigenvalue weighted by Gasteiger charge is -2.32. The molecule has 2 N–H and O–H groups in total. The van der Waals surface area contributed by atoms with Crippen molar-refractivity contribution in [3.05, 3.63) is 59.2 Å². The average Bonchev–Trinajstić information content (AvgIpc) is 2.51. The second-order valence-electron chi connectivity index (χ2n) is 5.56.